The van der Waals surface area contributed by atoms with Crippen LogP contribution in [-0.4, -0.2) is 25.0 Å². The molecule has 0 aromatic carbocycles. The maximum absolute atomic E-state index is 10.5. The lowest BCUT2D eigenvalue weighted by atomic mass is 10.3. The van der Waals surface area contributed by atoms with Gasteiger partial charge >= 0.3 is 0 Å². The van der Waals surface area contributed by atoms with E-state index < -0.39 is 0 Å². The molecule has 0 radical (unpaired) electrons. The Morgan fingerprint density at radius 2 is 1.83 bits per heavy atom. The number of hydrogen-bond donors (Lipinski definition) is 2. The molecule has 0 atom stereocenters. The summed E-state index contributed by atoms with van der Waals surface area (Å²) in [7, 11) is 0. The number of carbonyl (C=O) groups excluding carboxylic acids is 1. The highest BCUT2D eigenvalue weighted by molar-refractivity contribution is 5.72. The molecule has 1 amide bonds. The Kier molecular flexibility index (Phi) is 6.76. The Hall–Kier alpha value is -0.570. The summed E-state index contributed by atoms with van der Waals surface area (Å²) in [6.07, 6.45) is 2.18. The number of carbonyl (C=O) groups is 1. The van der Waals surface area contributed by atoms with E-state index in [2.05, 4.69) is 24.5 Å². The molecule has 0 saturated carbocycles. The fourth-order valence-electron chi connectivity index (χ4n) is 0.905. The van der Waals surface area contributed by atoms with Crippen LogP contribution in [0.2, 0.25) is 0 Å². The van der Waals surface area contributed by atoms with Crippen LogP contribution < -0.4 is 10.6 Å². The molecule has 0 rings (SSSR count). The minimum absolute atomic E-state index is 0.0619. The van der Waals surface area contributed by atoms with Crippen molar-refractivity contribution in [2.75, 3.05) is 13.1 Å². The van der Waals surface area contributed by atoms with Crippen molar-refractivity contribution in [1.82, 2.24) is 10.6 Å². The summed E-state index contributed by atoms with van der Waals surface area (Å²) in [6, 6.07) is 0.561. The third-order valence-corrected chi connectivity index (χ3v) is 1.53. The first kappa shape index (κ1) is 11.4. The smallest absolute Gasteiger partial charge is 0.216 e. The van der Waals surface area contributed by atoms with E-state index in [-0.39, 0.29) is 5.91 Å². The van der Waals surface area contributed by atoms with Crippen LogP contribution in [0.15, 0.2) is 0 Å². The van der Waals surface area contributed by atoms with Crippen LogP contribution in [0.5, 0.6) is 0 Å². The van der Waals surface area contributed by atoms with E-state index in [1.807, 2.05) is 0 Å². The van der Waals surface area contributed by atoms with E-state index >= 15 is 0 Å². The van der Waals surface area contributed by atoms with Gasteiger partial charge in [-0.25, -0.2) is 0 Å². The predicted octanol–water partition coefficient (Wildman–Crippen LogP) is 0.901. The zero-order valence-electron chi connectivity index (χ0n) is 8.31. The highest BCUT2D eigenvalue weighted by Crippen LogP contribution is 1.86. The van der Waals surface area contributed by atoms with Gasteiger partial charge in [0.1, 0.15) is 0 Å². The first-order valence-corrected chi connectivity index (χ1v) is 4.60. The Bertz CT molecular complexity index is 124. The van der Waals surface area contributed by atoms with Gasteiger partial charge in [0.25, 0.3) is 0 Å². The van der Waals surface area contributed by atoms with Crippen LogP contribution in [0.4, 0.5) is 0 Å². The van der Waals surface area contributed by atoms with Crippen molar-refractivity contribution < 1.29 is 4.79 Å². The molecule has 3 nitrogen and oxygen atoms in total. The quantitative estimate of drug-likeness (QED) is 0.584. The third-order valence-electron chi connectivity index (χ3n) is 1.53. The normalized spacial score (nSPS) is 10.3. The van der Waals surface area contributed by atoms with Gasteiger partial charge in [0.05, 0.1) is 0 Å². The van der Waals surface area contributed by atoms with Crippen molar-refractivity contribution in [3.05, 3.63) is 0 Å². The van der Waals surface area contributed by atoms with Gasteiger partial charge in [-0.1, -0.05) is 13.8 Å². The predicted molar refractivity (Wildman–Crippen MR) is 51.1 cm³/mol. The van der Waals surface area contributed by atoms with E-state index in [9.17, 15) is 4.79 Å². The molecule has 0 aromatic heterocycles. The molecule has 0 aliphatic carbocycles. The summed E-state index contributed by atoms with van der Waals surface area (Å²) in [6.45, 7) is 7.65. The molecule has 0 aromatic rings. The van der Waals surface area contributed by atoms with Crippen molar-refractivity contribution in [3.8, 4) is 0 Å². The fraction of sp³-hybridized carbons (Fsp3) is 0.889. The molecule has 2 N–H and O–H groups in total. The maximum atomic E-state index is 10.5. The van der Waals surface area contributed by atoms with Crippen LogP contribution in [0.3, 0.4) is 0 Å². The lowest BCUT2D eigenvalue weighted by molar-refractivity contribution is -0.118. The average molecular weight is 172 g/mol. The Labute approximate surface area is 74.9 Å². The molecule has 0 saturated heterocycles. The fourth-order valence-corrected chi connectivity index (χ4v) is 0.905. The first-order valence-electron chi connectivity index (χ1n) is 4.60. The molecule has 0 spiro atoms. The maximum Gasteiger partial charge on any atom is 0.216 e. The first-order chi connectivity index (χ1) is 5.63. The van der Waals surface area contributed by atoms with E-state index in [1.165, 1.54) is 0 Å². The number of nitrogens with one attached hydrogen (secondary N) is 2. The van der Waals surface area contributed by atoms with Crippen molar-refractivity contribution >= 4 is 5.91 Å². The molecule has 0 heterocycles. The van der Waals surface area contributed by atoms with Crippen LogP contribution in [0, 0.1) is 0 Å². The number of amides is 1. The van der Waals surface area contributed by atoms with Crippen molar-refractivity contribution in [1.29, 1.82) is 0 Å². The summed E-state index contributed by atoms with van der Waals surface area (Å²) < 4.78 is 0. The highest BCUT2D eigenvalue weighted by Gasteiger charge is 1.92. The van der Waals surface area contributed by atoms with Gasteiger partial charge in [0, 0.05) is 19.5 Å². The number of rotatable bonds is 6. The van der Waals surface area contributed by atoms with Gasteiger partial charge in [0.2, 0.25) is 5.91 Å². The molecular formula is C9H20N2O. The standard InChI is InChI=1S/C9H20N2O/c1-8(2)10-6-4-5-7-11-9(3)12/h8,10H,4-7H2,1-3H3,(H,11,12). The molecular weight excluding hydrogens is 152 g/mol. The summed E-state index contributed by atoms with van der Waals surface area (Å²) in [4.78, 5) is 10.5. The second kappa shape index (κ2) is 7.10. The van der Waals surface area contributed by atoms with E-state index in [4.69, 9.17) is 0 Å². The van der Waals surface area contributed by atoms with Gasteiger partial charge in [-0.3, -0.25) is 4.79 Å². The molecule has 12 heavy (non-hydrogen) atoms. The van der Waals surface area contributed by atoms with E-state index in [1.54, 1.807) is 6.92 Å². The molecule has 0 fully saturated rings. The zero-order valence-corrected chi connectivity index (χ0v) is 8.31. The largest absolute Gasteiger partial charge is 0.356 e. The van der Waals surface area contributed by atoms with Crippen LogP contribution in [0.25, 0.3) is 0 Å². The lowest BCUT2D eigenvalue weighted by Gasteiger charge is -2.07. The summed E-state index contributed by atoms with van der Waals surface area (Å²) in [5, 5.41) is 6.09. The van der Waals surface area contributed by atoms with Gasteiger partial charge in [0.15, 0.2) is 0 Å². The van der Waals surface area contributed by atoms with Crippen LogP contribution in [-0.2, 0) is 4.79 Å². The summed E-state index contributed by atoms with van der Waals surface area (Å²) in [5.74, 6) is 0.0619. The molecule has 3 heteroatoms. The van der Waals surface area contributed by atoms with Crippen molar-refractivity contribution in [2.24, 2.45) is 0 Å². The monoisotopic (exact) mass is 172 g/mol. The molecule has 0 bridgehead atoms. The minimum atomic E-state index is 0.0619. The Morgan fingerprint density at radius 1 is 1.25 bits per heavy atom. The topological polar surface area (TPSA) is 41.1 Å². The SMILES string of the molecule is CC(=O)NCCCCNC(C)C. The van der Waals surface area contributed by atoms with Gasteiger partial charge in [-0.05, 0) is 19.4 Å². The third kappa shape index (κ3) is 9.43. The van der Waals surface area contributed by atoms with Gasteiger partial charge in [-0.2, -0.15) is 0 Å². The second-order valence-corrected chi connectivity index (χ2v) is 3.30. The second-order valence-electron chi connectivity index (χ2n) is 3.30. The number of hydrogen-bond acceptors (Lipinski definition) is 2. The highest BCUT2D eigenvalue weighted by atomic mass is 16.1. The van der Waals surface area contributed by atoms with Crippen molar-refractivity contribution in [3.63, 3.8) is 0 Å². The van der Waals surface area contributed by atoms with Crippen LogP contribution >= 0.6 is 0 Å². The van der Waals surface area contributed by atoms with Gasteiger partial charge in [-0.15, -0.1) is 0 Å². The molecule has 0 aliphatic heterocycles. The molecule has 0 unspecified atom stereocenters. The van der Waals surface area contributed by atoms with E-state index in [0.717, 1.165) is 25.9 Å². The zero-order chi connectivity index (χ0) is 9.40. The minimum Gasteiger partial charge on any atom is -0.356 e. The number of unbranched alkanes of at least 4 members (excludes halogenated alkanes) is 1. The van der Waals surface area contributed by atoms with E-state index in [0.29, 0.717) is 6.04 Å². The Morgan fingerprint density at radius 3 is 2.33 bits per heavy atom. The Balaban J connectivity index is 2.96. The average Bonchev–Trinajstić information content (AvgIpc) is 1.95. The summed E-state index contributed by atoms with van der Waals surface area (Å²) in [5.41, 5.74) is 0. The molecule has 72 valence electrons. The van der Waals surface area contributed by atoms with Gasteiger partial charge < -0.3 is 10.6 Å². The van der Waals surface area contributed by atoms with Crippen LogP contribution in [0.1, 0.15) is 33.6 Å². The molecule has 0 aliphatic rings. The van der Waals surface area contributed by atoms with Crippen molar-refractivity contribution in [2.45, 2.75) is 39.7 Å². The lowest BCUT2D eigenvalue weighted by Crippen LogP contribution is -2.25. The summed E-state index contributed by atoms with van der Waals surface area (Å²) >= 11 is 0.